The van der Waals surface area contributed by atoms with Gasteiger partial charge in [0, 0.05) is 29.5 Å². The monoisotopic (exact) mass is 847 g/mol. The minimum absolute atomic E-state index is 0.268. The molecule has 1 saturated heterocycles. The molecule has 0 bridgehead atoms. The van der Waals surface area contributed by atoms with Crippen LogP contribution >= 0.6 is 15.6 Å². The maximum absolute atomic E-state index is 14.3. The van der Waals surface area contributed by atoms with Crippen molar-refractivity contribution in [3.8, 4) is 0 Å². The van der Waals surface area contributed by atoms with Crippen molar-refractivity contribution in [3.05, 3.63) is 63.1 Å². The minimum Gasteiger partial charge on any atom is -0.434 e. The standard InChI is InChI=1S/C35H51N3O17P2/c1-19(2)29(50-31(42)34(5,6)7)53-57(47,54-30(20(3)4)51-32(43)35(8,9)10)55-56(45,46)48-18-24-26(40)27(41)28(49-24)37-16-15-25(39)38(33(37)44)17-22-21-13-11-12-14-23(21)52-36-22/h11-16,19-20,24,26-30,40-41H,17-18H2,1-10H3,(H,45,46). The largest absolute Gasteiger partial charge is 0.490 e. The summed E-state index contributed by atoms with van der Waals surface area (Å²) in [4.78, 5) is 62.7. The van der Waals surface area contributed by atoms with Gasteiger partial charge in [-0.25, -0.2) is 23.0 Å². The quantitative estimate of drug-likeness (QED) is 0.103. The fraction of sp³-hybridized carbons (Fsp3) is 0.629. The highest BCUT2D eigenvalue weighted by molar-refractivity contribution is 7.61. The van der Waals surface area contributed by atoms with Gasteiger partial charge in [-0.05, 0) is 53.7 Å². The summed E-state index contributed by atoms with van der Waals surface area (Å²) in [7, 11) is -11.0. The van der Waals surface area contributed by atoms with Crippen LogP contribution in [0.5, 0.6) is 0 Å². The predicted molar refractivity (Wildman–Crippen MR) is 199 cm³/mol. The minimum atomic E-state index is -5.58. The molecule has 7 atom stereocenters. The van der Waals surface area contributed by atoms with E-state index in [0.29, 0.717) is 11.0 Å². The first-order valence-corrected chi connectivity index (χ1v) is 20.9. The average Bonchev–Trinajstić information content (AvgIpc) is 3.63. The lowest BCUT2D eigenvalue weighted by Gasteiger charge is -2.32. The number of fused-ring (bicyclic) bond motifs is 1. The molecule has 1 aromatic carbocycles. The second-order valence-corrected chi connectivity index (χ2v) is 19.3. The molecule has 20 nitrogen and oxygen atoms in total. The predicted octanol–water partition coefficient (Wildman–Crippen LogP) is 4.24. The molecular weight excluding hydrogens is 796 g/mol. The van der Waals surface area contributed by atoms with Crippen molar-refractivity contribution in [1.82, 2.24) is 14.3 Å². The number of phosphoric acid groups is 2. The Morgan fingerprint density at radius 3 is 1.95 bits per heavy atom. The molecule has 0 amide bonds. The molecule has 7 unspecified atom stereocenters. The first kappa shape index (κ1) is 46.1. The molecular formula is C35H51N3O17P2. The second kappa shape index (κ2) is 17.7. The van der Waals surface area contributed by atoms with Crippen LogP contribution < -0.4 is 11.2 Å². The molecule has 4 rings (SSSR count). The van der Waals surface area contributed by atoms with E-state index in [0.717, 1.165) is 21.4 Å². The lowest BCUT2D eigenvalue weighted by atomic mass is 9.97. The highest BCUT2D eigenvalue weighted by Crippen LogP contribution is 2.65. The fourth-order valence-electron chi connectivity index (χ4n) is 4.93. The zero-order valence-corrected chi connectivity index (χ0v) is 35.1. The molecule has 3 aromatic rings. The Morgan fingerprint density at radius 1 is 0.877 bits per heavy atom. The number of carbonyl (C=O) groups excluding carboxylic acids is 2. The van der Waals surface area contributed by atoms with E-state index >= 15 is 0 Å². The molecule has 1 aliphatic heterocycles. The highest BCUT2D eigenvalue weighted by Gasteiger charge is 2.49. The third-order valence-corrected chi connectivity index (χ3v) is 11.3. The number of carbonyl (C=O) groups is 2. The third-order valence-electron chi connectivity index (χ3n) is 8.30. The second-order valence-electron chi connectivity index (χ2n) is 16.1. The first-order valence-electron chi connectivity index (χ1n) is 18.0. The molecule has 0 aliphatic carbocycles. The van der Waals surface area contributed by atoms with Gasteiger partial charge in [0.25, 0.3) is 5.56 Å². The summed E-state index contributed by atoms with van der Waals surface area (Å²) in [6.07, 6.45) is -9.26. The van der Waals surface area contributed by atoms with Gasteiger partial charge < -0.3 is 33.8 Å². The van der Waals surface area contributed by atoms with E-state index in [2.05, 4.69) is 5.16 Å². The van der Waals surface area contributed by atoms with Crippen LogP contribution in [0.2, 0.25) is 0 Å². The summed E-state index contributed by atoms with van der Waals surface area (Å²) in [5.74, 6) is -3.06. The Labute approximate surface area is 328 Å². The summed E-state index contributed by atoms with van der Waals surface area (Å²) in [6.45, 7) is 14.0. The summed E-state index contributed by atoms with van der Waals surface area (Å²) < 4.78 is 72.1. The van der Waals surface area contributed by atoms with Crippen molar-refractivity contribution in [3.63, 3.8) is 0 Å². The van der Waals surface area contributed by atoms with Gasteiger partial charge in [-0.15, -0.1) is 0 Å². The van der Waals surface area contributed by atoms with Gasteiger partial charge in [0.15, 0.2) is 11.8 Å². The van der Waals surface area contributed by atoms with Crippen LogP contribution in [0.4, 0.5) is 0 Å². The summed E-state index contributed by atoms with van der Waals surface area (Å²) in [5.41, 5.74) is -3.10. The van der Waals surface area contributed by atoms with Crippen LogP contribution in [0.3, 0.4) is 0 Å². The summed E-state index contributed by atoms with van der Waals surface area (Å²) in [6, 6.07) is 7.80. The van der Waals surface area contributed by atoms with E-state index in [4.69, 9.17) is 36.6 Å². The normalized spacial score (nSPS) is 22.3. The lowest BCUT2D eigenvalue weighted by molar-refractivity contribution is -0.191. The molecule has 0 saturated carbocycles. The van der Waals surface area contributed by atoms with Crippen molar-refractivity contribution in [2.45, 2.75) is 113 Å². The van der Waals surface area contributed by atoms with Gasteiger partial charge in [0.05, 0.1) is 24.0 Å². The van der Waals surface area contributed by atoms with Gasteiger partial charge in [0.1, 0.15) is 24.0 Å². The third kappa shape index (κ3) is 11.6. The zero-order chi connectivity index (χ0) is 42.8. The zero-order valence-electron chi connectivity index (χ0n) is 33.3. The molecule has 3 N–H and O–H groups in total. The number of aromatic nitrogens is 3. The number of ether oxygens (including phenoxy) is 3. The van der Waals surface area contributed by atoms with E-state index in [1.807, 2.05) is 0 Å². The molecule has 318 valence electrons. The molecule has 0 spiro atoms. The summed E-state index contributed by atoms with van der Waals surface area (Å²) >= 11 is 0. The SMILES string of the molecule is CC(C)C(OC(=O)C(C)(C)C)OP(=O)(OC(OC(=O)C(C)(C)C)C(C)C)OP(=O)(O)OCC1OC(n2ccc(=O)n(Cc3noc4ccccc34)c2=O)C(O)C1O. The molecule has 1 fully saturated rings. The van der Waals surface area contributed by atoms with Crippen molar-refractivity contribution >= 4 is 38.6 Å². The van der Waals surface area contributed by atoms with Crippen LogP contribution in [0.1, 0.15) is 81.2 Å². The Hall–Kier alpha value is -3.55. The molecule has 2 aromatic heterocycles. The van der Waals surface area contributed by atoms with Crippen LogP contribution in [0, 0.1) is 22.7 Å². The number of aliphatic hydroxyl groups excluding tert-OH is 2. The number of para-hydroxylation sites is 1. The molecule has 57 heavy (non-hydrogen) atoms. The lowest BCUT2D eigenvalue weighted by Crippen LogP contribution is -2.43. The van der Waals surface area contributed by atoms with E-state index in [1.165, 1.54) is 27.7 Å². The topological polar surface area (TPSA) is 264 Å². The molecule has 0 radical (unpaired) electrons. The van der Waals surface area contributed by atoms with E-state index in [9.17, 15) is 43.4 Å². The van der Waals surface area contributed by atoms with Crippen LogP contribution in [-0.4, -0.2) is 78.8 Å². The Bertz CT molecular complexity index is 2070. The molecule has 1 aliphatic rings. The number of hydrogen-bond acceptors (Lipinski definition) is 17. The number of nitrogens with zero attached hydrogens (tertiary/aromatic N) is 3. The number of rotatable bonds is 16. The summed E-state index contributed by atoms with van der Waals surface area (Å²) in [5, 5.41) is 26.2. The van der Waals surface area contributed by atoms with E-state index in [1.54, 1.807) is 65.8 Å². The molecule has 3 heterocycles. The van der Waals surface area contributed by atoms with Crippen molar-refractivity contribution in [1.29, 1.82) is 0 Å². The van der Waals surface area contributed by atoms with Gasteiger partial charge in [-0.1, -0.05) is 45.0 Å². The number of phosphoric ester groups is 2. The van der Waals surface area contributed by atoms with Crippen LogP contribution in [0.25, 0.3) is 11.0 Å². The maximum atomic E-state index is 14.3. The number of hydrogen-bond donors (Lipinski definition) is 3. The number of benzene rings is 1. The number of esters is 2. The number of aliphatic hydroxyl groups is 2. The van der Waals surface area contributed by atoms with Gasteiger partial charge >= 0.3 is 33.3 Å². The van der Waals surface area contributed by atoms with Crippen molar-refractivity contribution < 1.29 is 70.4 Å². The molecule has 22 heteroatoms. The average molecular weight is 848 g/mol. The van der Waals surface area contributed by atoms with Gasteiger partial charge in [-0.2, -0.15) is 4.31 Å². The van der Waals surface area contributed by atoms with E-state index in [-0.39, 0.29) is 12.2 Å². The van der Waals surface area contributed by atoms with Crippen LogP contribution in [0.15, 0.2) is 50.6 Å². The van der Waals surface area contributed by atoms with Crippen molar-refractivity contribution in [2.75, 3.05) is 6.61 Å². The fourth-order valence-corrected chi connectivity index (χ4v) is 7.90. The Balaban J connectivity index is 1.56. The van der Waals surface area contributed by atoms with Crippen molar-refractivity contribution in [2.24, 2.45) is 22.7 Å². The highest BCUT2D eigenvalue weighted by atomic mass is 31.3. The van der Waals surface area contributed by atoms with E-state index < -0.39 is 105 Å². The van der Waals surface area contributed by atoms with Gasteiger partial charge in [0.2, 0.25) is 12.6 Å². The Kier molecular flexibility index (Phi) is 14.4. The van der Waals surface area contributed by atoms with Gasteiger partial charge in [-0.3, -0.25) is 28.0 Å². The first-order chi connectivity index (χ1) is 26.2. The maximum Gasteiger partial charge on any atom is 0.490 e. The Morgan fingerprint density at radius 2 is 1.42 bits per heavy atom. The van der Waals surface area contributed by atoms with Crippen LogP contribution in [-0.2, 0) is 57.4 Å². The smallest absolute Gasteiger partial charge is 0.434 e.